The maximum atomic E-state index is 11.9. The predicted octanol–water partition coefficient (Wildman–Crippen LogP) is 4.23. The van der Waals surface area contributed by atoms with E-state index in [0.717, 1.165) is 12.0 Å². The van der Waals surface area contributed by atoms with E-state index in [0.29, 0.717) is 25.4 Å². The molecule has 0 saturated carbocycles. The van der Waals surface area contributed by atoms with E-state index in [-0.39, 0.29) is 5.97 Å². The lowest BCUT2D eigenvalue weighted by molar-refractivity contribution is -0.139. The summed E-state index contributed by atoms with van der Waals surface area (Å²) in [5.41, 5.74) is 1.55. The Bertz CT molecular complexity index is 423. The summed E-state index contributed by atoms with van der Waals surface area (Å²) in [5, 5.41) is 0. The van der Waals surface area contributed by atoms with Gasteiger partial charge in [-0.15, -0.1) is 0 Å². The highest BCUT2D eigenvalue weighted by Gasteiger charge is 2.10. The largest absolute Gasteiger partial charge is 0.463 e. The van der Waals surface area contributed by atoms with Crippen LogP contribution in [0, 0.1) is 0 Å². The monoisotopic (exact) mass is 290 g/mol. The van der Waals surface area contributed by atoms with Crippen LogP contribution in [0.3, 0.4) is 0 Å². The molecule has 0 saturated heterocycles. The summed E-state index contributed by atoms with van der Waals surface area (Å²) in [7, 11) is 0. The third kappa shape index (κ3) is 7.66. The van der Waals surface area contributed by atoms with Crippen molar-refractivity contribution in [1.29, 1.82) is 0 Å². The van der Waals surface area contributed by atoms with Gasteiger partial charge in [-0.3, -0.25) is 0 Å². The Hall–Kier alpha value is -1.61. The van der Waals surface area contributed by atoms with E-state index in [1.807, 2.05) is 43.3 Å². The molecule has 0 aromatic heterocycles. The van der Waals surface area contributed by atoms with E-state index in [4.69, 9.17) is 9.47 Å². The molecule has 1 rings (SSSR count). The molecule has 3 heteroatoms. The van der Waals surface area contributed by atoms with Crippen molar-refractivity contribution in [2.75, 3.05) is 19.8 Å². The third-order valence-electron chi connectivity index (χ3n) is 3.08. The van der Waals surface area contributed by atoms with E-state index >= 15 is 0 Å². The van der Waals surface area contributed by atoms with Crippen LogP contribution in [0.15, 0.2) is 35.9 Å². The van der Waals surface area contributed by atoms with Crippen LogP contribution in [-0.4, -0.2) is 25.8 Å². The number of ether oxygens (including phenoxy) is 2. The minimum atomic E-state index is -0.296. The summed E-state index contributed by atoms with van der Waals surface area (Å²) < 4.78 is 10.7. The summed E-state index contributed by atoms with van der Waals surface area (Å²) >= 11 is 0. The van der Waals surface area contributed by atoms with Gasteiger partial charge in [-0.25, -0.2) is 4.79 Å². The number of rotatable bonds is 10. The van der Waals surface area contributed by atoms with Crippen LogP contribution in [-0.2, 0) is 14.3 Å². The first-order valence-electron chi connectivity index (χ1n) is 7.78. The highest BCUT2D eigenvalue weighted by Crippen LogP contribution is 2.09. The smallest absolute Gasteiger partial charge is 0.336 e. The lowest BCUT2D eigenvalue weighted by atomic mass is 10.1. The SMILES string of the molecule is CCCCCCOCC(=Cc1ccccc1)C(=O)OCC. The Morgan fingerprint density at radius 3 is 2.52 bits per heavy atom. The number of benzene rings is 1. The molecule has 0 N–H and O–H groups in total. The minimum Gasteiger partial charge on any atom is -0.463 e. The van der Waals surface area contributed by atoms with Crippen LogP contribution < -0.4 is 0 Å². The molecule has 116 valence electrons. The number of esters is 1. The van der Waals surface area contributed by atoms with Gasteiger partial charge in [0.15, 0.2) is 0 Å². The number of hydrogen-bond donors (Lipinski definition) is 0. The average molecular weight is 290 g/mol. The van der Waals surface area contributed by atoms with Gasteiger partial charge in [0.05, 0.1) is 18.8 Å². The predicted molar refractivity (Wildman–Crippen MR) is 86.0 cm³/mol. The van der Waals surface area contributed by atoms with E-state index in [1.165, 1.54) is 19.3 Å². The van der Waals surface area contributed by atoms with Gasteiger partial charge >= 0.3 is 5.97 Å². The van der Waals surface area contributed by atoms with Crippen molar-refractivity contribution in [3.63, 3.8) is 0 Å². The van der Waals surface area contributed by atoms with Crippen molar-refractivity contribution >= 4 is 12.0 Å². The molecule has 0 atom stereocenters. The minimum absolute atomic E-state index is 0.296. The highest BCUT2D eigenvalue weighted by molar-refractivity contribution is 5.93. The van der Waals surface area contributed by atoms with Gasteiger partial charge in [0.2, 0.25) is 0 Å². The van der Waals surface area contributed by atoms with Crippen molar-refractivity contribution in [1.82, 2.24) is 0 Å². The second-order valence-corrected chi connectivity index (χ2v) is 4.91. The standard InChI is InChI=1S/C18H26O3/c1-3-5-6-10-13-20-15-17(18(19)21-4-2)14-16-11-8-7-9-12-16/h7-9,11-12,14H,3-6,10,13,15H2,1-2H3. The molecular weight excluding hydrogens is 264 g/mol. The quantitative estimate of drug-likeness (QED) is 0.367. The van der Waals surface area contributed by atoms with Gasteiger partial charge in [0.1, 0.15) is 0 Å². The molecule has 0 fully saturated rings. The molecule has 0 bridgehead atoms. The van der Waals surface area contributed by atoms with Gasteiger partial charge in [-0.1, -0.05) is 56.5 Å². The van der Waals surface area contributed by atoms with Gasteiger partial charge in [-0.2, -0.15) is 0 Å². The second-order valence-electron chi connectivity index (χ2n) is 4.91. The Morgan fingerprint density at radius 2 is 1.86 bits per heavy atom. The first kappa shape index (κ1) is 17.4. The summed E-state index contributed by atoms with van der Waals surface area (Å²) in [6, 6.07) is 9.76. The Morgan fingerprint density at radius 1 is 1.10 bits per heavy atom. The van der Waals surface area contributed by atoms with Gasteiger partial charge < -0.3 is 9.47 Å². The molecule has 0 aliphatic carbocycles. The second kappa shape index (κ2) is 11.1. The average Bonchev–Trinajstić information content (AvgIpc) is 2.50. The fourth-order valence-electron chi connectivity index (χ4n) is 1.95. The topological polar surface area (TPSA) is 35.5 Å². The summed E-state index contributed by atoms with van der Waals surface area (Å²) in [6.45, 7) is 5.36. The Kier molecular flexibility index (Phi) is 9.21. The maximum absolute atomic E-state index is 11.9. The molecule has 0 aliphatic heterocycles. The van der Waals surface area contributed by atoms with Crippen LogP contribution in [0.4, 0.5) is 0 Å². The van der Waals surface area contributed by atoms with Gasteiger partial charge in [-0.05, 0) is 25.0 Å². The van der Waals surface area contributed by atoms with Crippen LogP contribution in [0.2, 0.25) is 0 Å². The van der Waals surface area contributed by atoms with Crippen molar-refractivity contribution in [2.24, 2.45) is 0 Å². The molecule has 3 nitrogen and oxygen atoms in total. The first-order chi connectivity index (χ1) is 10.3. The summed E-state index contributed by atoms with van der Waals surface area (Å²) in [4.78, 5) is 11.9. The zero-order valence-corrected chi connectivity index (χ0v) is 13.1. The zero-order chi connectivity index (χ0) is 15.3. The molecule has 0 radical (unpaired) electrons. The lowest BCUT2D eigenvalue weighted by Gasteiger charge is -2.08. The lowest BCUT2D eigenvalue weighted by Crippen LogP contribution is -2.13. The van der Waals surface area contributed by atoms with Gasteiger partial charge in [0, 0.05) is 6.61 Å². The van der Waals surface area contributed by atoms with E-state index in [9.17, 15) is 4.79 Å². The van der Waals surface area contributed by atoms with Crippen molar-refractivity contribution in [3.05, 3.63) is 41.5 Å². The maximum Gasteiger partial charge on any atom is 0.336 e. The fourth-order valence-corrected chi connectivity index (χ4v) is 1.95. The van der Waals surface area contributed by atoms with Crippen LogP contribution in [0.25, 0.3) is 6.08 Å². The Labute approximate surface area is 128 Å². The molecule has 0 amide bonds. The fraction of sp³-hybridized carbons (Fsp3) is 0.500. The van der Waals surface area contributed by atoms with Crippen molar-refractivity contribution < 1.29 is 14.3 Å². The van der Waals surface area contributed by atoms with E-state index in [1.54, 1.807) is 0 Å². The van der Waals surface area contributed by atoms with E-state index < -0.39 is 0 Å². The molecule has 1 aromatic rings. The molecular formula is C18H26O3. The number of carbonyl (C=O) groups excluding carboxylic acids is 1. The first-order valence-corrected chi connectivity index (χ1v) is 7.78. The molecule has 1 aromatic carbocycles. The van der Waals surface area contributed by atoms with E-state index in [2.05, 4.69) is 6.92 Å². The third-order valence-corrected chi connectivity index (χ3v) is 3.08. The summed E-state index contributed by atoms with van der Waals surface area (Å²) in [5.74, 6) is -0.296. The molecule has 21 heavy (non-hydrogen) atoms. The number of carbonyl (C=O) groups is 1. The highest BCUT2D eigenvalue weighted by atomic mass is 16.5. The zero-order valence-electron chi connectivity index (χ0n) is 13.1. The number of hydrogen-bond acceptors (Lipinski definition) is 3. The van der Waals surface area contributed by atoms with Crippen LogP contribution in [0.5, 0.6) is 0 Å². The Balaban J connectivity index is 2.53. The molecule has 0 spiro atoms. The number of unbranched alkanes of at least 4 members (excludes halogenated alkanes) is 3. The molecule has 0 unspecified atom stereocenters. The summed E-state index contributed by atoms with van der Waals surface area (Å²) in [6.07, 6.45) is 6.49. The van der Waals surface area contributed by atoms with Crippen LogP contribution in [0.1, 0.15) is 45.1 Å². The molecule has 0 aliphatic rings. The van der Waals surface area contributed by atoms with Gasteiger partial charge in [0.25, 0.3) is 0 Å². The van der Waals surface area contributed by atoms with Crippen molar-refractivity contribution in [3.8, 4) is 0 Å². The normalized spacial score (nSPS) is 11.4. The van der Waals surface area contributed by atoms with Crippen molar-refractivity contribution in [2.45, 2.75) is 39.5 Å². The van der Waals surface area contributed by atoms with Crippen LogP contribution >= 0.6 is 0 Å². The molecule has 0 heterocycles.